The van der Waals surface area contributed by atoms with Crippen LogP contribution in [0.5, 0.6) is 0 Å². The van der Waals surface area contributed by atoms with Gasteiger partial charge in [0.15, 0.2) is 0 Å². The summed E-state index contributed by atoms with van der Waals surface area (Å²) in [6, 6.07) is 13.0. The fraction of sp³-hybridized carbons (Fsp3) is 0.312. The molecule has 4 heteroatoms. The first-order valence-electron chi connectivity index (χ1n) is 6.94. The molecule has 2 N–H and O–H groups in total. The van der Waals surface area contributed by atoms with Gasteiger partial charge in [-0.3, -0.25) is 4.79 Å². The first-order chi connectivity index (χ1) is 9.81. The third kappa shape index (κ3) is 3.68. The predicted octanol–water partition coefficient (Wildman–Crippen LogP) is 2.78. The fourth-order valence-electron chi connectivity index (χ4n) is 2.06. The van der Waals surface area contributed by atoms with E-state index in [9.17, 15) is 4.79 Å². The molecule has 0 bridgehead atoms. The summed E-state index contributed by atoms with van der Waals surface area (Å²) in [6.07, 6.45) is 2.27. The van der Waals surface area contributed by atoms with E-state index in [0.29, 0.717) is 12.6 Å². The van der Waals surface area contributed by atoms with Crippen molar-refractivity contribution in [3.63, 3.8) is 0 Å². The van der Waals surface area contributed by atoms with Gasteiger partial charge in [0.2, 0.25) is 5.91 Å². The van der Waals surface area contributed by atoms with Crippen molar-refractivity contribution < 1.29 is 4.79 Å². The van der Waals surface area contributed by atoms with Crippen molar-refractivity contribution in [1.29, 1.82) is 0 Å². The molecular weight excluding hydrogens is 268 g/mol. The lowest BCUT2D eigenvalue weighted by Gasteiger charge is -2.04. The Hall–Kier alpha value is -1.65. The second kappa shape index (κ2) is 6.20. The molecule has 1 saturated carbocycles. The number of hydrogen-bond acceptors (Lipinski definition) is 3. The summed E-state index contributed by atoms with van der Waals surface area (Å²) in [5, 5.41) is 8.33. The van der Waals surface area contributed by atoms with E-state index in [-0.39, 0.29) is 5.91 Å². The van der Waals surface area contributed by atoms with E-state index in [1.54, 1.807) is 11.3 Å². The molecule has 0 radical (unpaired) electrons. The lowest BCUT2D eigenvalue weighted by Crippen LogP contribution is -2.34. The van der Waals surface area contributed by atoms with Crippen LogP contribution in [0.4, 0.5) is 0 Å². The second-order valence-corrected chi connectivity index (χ2v) is 6.11. The number of thiophene rings is 1. The van der Waals surface area contributed by atoms with Gasteiger partial charge in [-0.25, -0.2) is 0 Å². The maximum Gasteiger partial charge on any atom is 0.234 e. The maximum atomic E-state index is 11.5. The number of amides is 1. The zero-order chi connectivity index (χ0) is 13.8. The van der Waals surface area contributed by atoms with Gasteiger partial charge in [-0.2, -0.15) is 0 Å². The third-order valence-corrected chi connectivity index (χ3v) is 4.22. The molecule has 1 aromatic heterocycles. The molecule has 20 heavy (non-hydrogen) atoms. The molecule has 0 spiro atoms. The predicted molar refractivity (Wildman–Crippen MR) is 82.6 cm³/mol. The van der Waals surface area contributed by atoms with Crippen LogP contribution in [0.25, 0.3) is 11.1 Å². The van der Waals surface area contributed by atoms with E-state index in [4.69, 9.17) is 0 Å². The average molecular weight is 286 g/mol. The Labute approximate surface area is 123 Å². The molecule has 104 valence electrons. The molecule has 3 nitrogen and oxygen atoms in total. The van der Waals surface area contributed by atoms with Gasteiger partial charge in [0.1, 0.15) is 0 Å². The minimum Gasteiger partial charge on any atom is -0.352 e. The quantitative estimate of drug-likeness (QED) is 0.857. The van der Waals surface area contributed by atoms with Gasteiger partial charge in [-0.05, 0) is 35.4 Å². The summed E-state index contributed by atoms with van der Waals surface area (Å²) in [5.41, 5.74) is 2.48. The van der Waals surface area contributed by atoms with Gasteiger partial charge in [-0.1, -0.05) is 30.3 Å². The van der Waals surface area contributed by atoms with Crippen LogP contribution in [-0.4, -0.2) is 18.5 Å². The van der Waals surface area contributed by atoms with Crippen molar-refractivity contribution in [2.45, 2.75) is 25.4 Å². The zero-order valence-corrected chi connectivity index (χ0v) is 12.1. The third-order valence-electron chi connectivity index (χ3n) is 3.29. The van der Waals surface area contributed by atoms with Crippen molar-refractivity contribution in [1.82, 2.24) is 10.6 Å². The highest BCUT2D eigenvalue weighted by Crippen LogP contribution is 2.25. The van der Waals surface area contributed by atoms with Crippen LogP contribution < -0.4 is 10.6 Å². The highest BCUT2D eigenvalue weighted by atomic mass is 32.1. The Morgan fingerprint density at radius 2 is 2.00 bits per heavy atom. The topological polar surface area (TPSA) is 41.1 Å². The van der Waals surface area contributed by atoms with Crippen molar-refractivity contribution >= 4 is 17.2 Å². The Balaban J connectivity index is 1.48. The standard InChI is InChI=1S/C16H18N2OS/c19-16(18-14-6-7-14)10-17-9-15-8-13(11-20-15)12-4-2-1-3-5-12/h1-5,8,11,14,17H,6-7,9-10H2,(H,18,19). The molecule has 0 unspecified atom stereocenters. The van der Waals surface area contributed by atoms with E-state index in [1.165, 1.54) is 16.0 Å². The molecule has 1 amide bonds. The van der Waals surface area contributed by atoms with Crippen molar-refractivity contribution in [3.8, 4) is 11.1 Å². The van der Waals surface area contributed by atoms with Crippen LogP contribution in [0.1, 0.15) is 17.7 Å². The first kappa shape index (κ1) is 13.3. The van der Waals surface area contributed by atoms with Gasteiger partial charge in [0, 0.05) is 17.5 Å². The first-order valence-corrected chi connectivity index (χ1v) is 7.82. The molecule has 1 aromatic carbocycles. The maximum absolute atomic E-state index is 11.5. The van der Waals surface area contributed by atoms with Gasteiger partial charge >= 0.3 is 0 Å². The Bertz CT molecular complexity index is 575. The summed E-state index contributed by atoms with van der Waals surface area (Å²) in [4.78, 5) is 12.8. The second-order valence-electron chi connectivity index (χ2n) is 5.11. The Morgan fingerprint density at radius 3 is 2.75 bits per heavy atom. The van der Waals surface area contributed by atoms with Crippen LogP contribution >= 0.6 is 11.3 Å². The number of carbonyl (C=O) groups is 1. The minimum atomic E-state index is 0.104. The monoisotopic (exact) mass is 286 g/mol. The van der Waals surface area contributed by atoms with Gasteiger partial charge in [0.05, 0.1) is 6.54 Å². The summed E-state index contributed by atoms with van der Waals surface area (Å²) in [6.45, 7) is 1.14. The summed E-state index contributed by atoms with van der Waals surface area (Å²) in [5.74, 6) is 0.104. The Kier molecular flexibility index (Phi) is 4.14. The molecule has 1 aliphatic carbocycles. The zero-order valence-electron chi connectivity index (χ0n) is 11.3. The van der Waals surface area contributed by atoms with E-state index < -0.39 is 0 Å². The molecule has 2 aromatic rings. The Morgan fingerprint density at radius 1 is 1.20 bits per heavy atom. The molecule has 1 heterocycles. The normalized spacial score (nSPS) is 14.2. The molecule has 0 saturated heterocycles. The largest absolute Gasteiger partial charge is 0.352 e. The number of carbonyl (C=O) groups excluding carboxylic acids is 1. The highest BCUT2D eigenvalue weighted by molar-refractivity contribution is 7.10. The van der Waals surface area contributed by atoms with Gasteiger partial charge in [-0.15, -0.1) is 11.3 Å². The van der Waals surface area contributed by atoms with Crippen molar-refractivity contribution in [2.75, 3.05) is 6.54 Å². The van der Waals surface area contributed by atoms with Gasteiger partial charge < -0.3 is 10.6 Å². The van der Waals surface area contributed by atoms with Crippen LogP contribution in [0.3, 0.4) is 0 Å². The average Bonchev–Trinajstić information content (AvgIpc) is 3.15. The van der Waals surface area contributed by atoms with Crippen LogP contribution in [0.15, 0.2) is 41.8 Å². The summed E-state index contributed by atoms with van der Waals surface area (Å²) >= 11 is 1.73. The van der Waals surface area contributed by atoms with Crippen molar-refractivity contribution in [3.05, 3.63) is 46.7 Å². The number of benzene rings is 1. The van der Waals surface area contributed by atoms with Crippen molar-refractivity contribution in [2.24, 2.45) is 0 Å². The lowest BCUT2D eigenvalue weighted by molar-refractivity contribution is -0.120. The highest BCUT2D eigenvalue weighted by Gasteiger charge is 2.22. The molecule has 3 rings (SSSR count). The van der Waals surface area contributed by atoms with Crippen LogP contribution in [0, 0.1) is 0 Å². The molecule has 0 atom stereocenters. The minimum absolute atomic E-state index is 0.104. The van der Waals surface area contributed by atoms with Crippen LogP contribution in [-0.2, 0) is 11.3 Å². The number of rotatable bonds is 6. The molecular formula is C16H18N2OS. The molecule has 0 aliphatic heterocycles. The number of nitrogens with one attached hydrogen (secondary N) is 2. The smallest absolute Gasteiger partial charge is 0.234 e. The molecule has 1 fully saturated rings. The summed E-state index contributed by atoms with van der Waals surface area (Å²) in [7, 11) is 0. The lowest BCUT2D eigenvalue weighted by atomic mass is 10.1. The van der Waals surface area contributed by atoms with E-state index in [0.717, 1.165) is 19.4 Å². The summed E-state index contributed by atoms with van der Waals surface area (Å²) < 4.78 is 0. The van der Waals surface area contributed by atoms with E-state index in [1.807, 2.05) is 18.2 Å². The van der Waals surface area contributed by atoms with Gasteiger partial charge in [0.25, 0.3) is 0 Å². The SMILES string of the molecule is O=C(CNCc1cc(-c2ccccc2)cs1)NC1CC1. The number of hydrogen-bond donors (Lipinski definition) is 2. The molecule has 1 aliphatic rings. The fourth-order valence-corrected chi connectivity index (χ4v) is 2.92. The van der Waals surface area contributed by atoms with E-state index in [2.05, 4.69) is 34.2 Å². The van der Waals surface area contributed by atoms with E-state index >= 15 is 0 Å². The van der Waals surface area contributed by atoms with Crippen LogP contribution in [0.2, 0.25) is 0 Å².